The molecule has 2 N–H and O–H groups in total. The number of aliphatic carboxylic acids is 2. The zero-order chi connectivity index (χ0) is 18.4. The molecule has 0 fully saturated rings. The Labute approximate surface area is 143 Å². The molecule has 0 aliphatic carbocycles. The predicted octanol–water partition coefficient (Wildman–Crippen LogP) is 3.18. The van der Waals surface area contributed by atoms with Crippen molar-refractivity contribution in [1.82, 2.24) is 0 Å². The minimum atomic E-state index is -0.875. The molecule has 0 spiro atoms. The molecule has 0 unspecified atom stereocenters. The number of fused-ring (bicyclic) bond motifs is 1. The van der Waals surface area contributed by atoms with Gasteiger partial charge >= 0.3 is 5.97 Å². The van der Waals surface area contributed by atoms with Crippen molar-refractivity contribution in [3.8, 4) is 11.3 Å². The predicted molar refractivity (Wildman–Crippen MR) is 92.6 cm³/mol. The molecule has 1 aromatic heterocycles. The maximum absolute atomic E-state index is 12.0. The Bertz CT molecular complexity index is 950. The van der Waals surface area contributed by atoms with Crippen LogP contribution in [0.1, 0.15) is 12.5 Å². The van der Waals surface area contributed by atoms with Gasteiger partial charge in [-0.15, -0.1) is 0 Å². The maximum atomic E-state index is 12.0. The van der Waals surface area contributed by atoms with Gasteiger partial charge in [0.1, 0.15) is 11.3 Å². The van der Waals surface area contributed by atoms with Gasteiger partial charge in [0.15, 0.2) is 5.43 Å². The molecule has 0 radical (unpaired) electrons. The van der Waals surface area contributed by atoms with Crippen molar-refractivity contribution in [3.63, 3.8) is 0 Å². The molecular formula is C19H16O6. The lowest BCUT2D eigenvalue weighted by atomic mass is 10.1. The van der Waals surface area contributed by atoms with Crippen LogP contribution in [0.25, 0.3) is 22.3 Å². The summed E-state index contributed by atoms with van der Waals surface area (Å²) in [6.07, 6.45) is -0.0258. The lowest BCUT2D eigenvalue weighted by molar-refractivity contribution is -0.136. The second-order valence-electron chi connectivity index (χ2n) is 5.26. The summed E-state index contributed by atoms with van der Waals surface area (Å²) in [6.45, 7) is 1.08. The number of benzene rings is 2. The zero-order valence-electron chi connectivity index (χ0n) is 13.4. The first kappa shape index (κ1) is 17.9. The third kappa shape index (κ3) is 5.04. The Morgan fingerprint density at radius 3 is 2.20 bits per heavy atom. The fourth-order valence-electron chi connectivity index (χ4n) is 2.21. The summed E-state index contributed by atoms with van der Waals surface area (Å²) < 4.78 is 5.73. The summed E-state index contributed by atoms with van der Waals surface area (Å²) in [7, 11) is 0. The highest BCUT2D eigenvalue weighted by atomic mass is 16.4. The standard InChI is InChI=1S/C17H12O4.C2H4O2/c18-14-10-16(21-15-4-2-1-3-13(14)15)12-7-5-11(6-8-12)9-17(19)20;1-2(3)4/h1-8,10H,9H2,(H,19,20);1H3,(H,3,4). The molecule has 0 aliphatic rings. The Balaban J connectivity index is 0.000000511. The highest BCUT2D eigenvalue weighted by molar-refractivity contribution is 5.78. The number of carboxylic acid groups (broad SMARTS) is 2. The van der Waals surface area contributed by atoms with E-state index in [-0.39, 0.29) is 11.8 Å². The van der Waals surface area contributed by atoms with Gasteiger partial charge in [-0.2, -0.15) is 0 Å². The van der Waals surface area contributed by atoms with Gasteiger partial charge in [0.2, 0.25) is 0 Å². The minimum Gasteiger partial charge on any atom is -0.481 e. The average Bonchev–Trinajstić information content (AvgIpc) is 2.54. The van der Waals surface area contributed by atoms with E-state index in [1.165, 1.54) is 6.07 Å². The number of para-hydroxylation sites is 1. The third-order valence-electron chi connectivity index (χ3n) is 3.23. The Morgan fingerprint density at radius 2 is 1.60 bits per heavy atom. The first-order valence-corrected chi connectivity index (χ1v) is 7.40. The van der Waals surface area contributed by atoms with E-state index in [2.05, 4.69) is 0 Å². The van der Waals surface area contributed by atoms with Crippen LogP contribution in [0.3, 0.4) is 0 Å². The van der Waals surface area contributed by atoms with Gasteiger partial charge < -0.3 is 14.6 Å². The smallest absolute Gasteiger partial charge is 0.307 e. The second-order valence-corrected chi connectivity index (χ2v) is 5.26. The SMILES string of the molecule is CC(=O)O.O=C(O)Cc1ccc(-c2cc(=O)c3ccccc3o2)cc1. The van der Waals surface area contributed by atoms with Gasteiger partial charge in [-0.25, -0.2) is 0 Å². The van der Waals surface area contributed by atoms with Crippen molar-refractivity contribution in [2.75, 3.05) is 0 Å². The van der Waals surface area contributed by atoms with E-state index in [4.69, 9.17) is 19.4 Å². The molecule has 3 aromatic rings. The van der Waals surface area contributed by atoms with Crippen LogP contribution in [0.4, 0.5) is 0 Å². The monoisotopic (exact) mass is 340 g/mol. The fourth-order valence-corrected chi connectivity index (χ4v) is 2.21. The molecule has 6 heteroatoms. The molecule has 25 heavy (non-hydrogen) atoms. The van der Waals surface area contributed by atoms with E-state index in [1.807, 2.05) is 6.07 Å². The second kappa shape index (κ2) is 7.92. The molecule has 6 nitrogen and oxygen atoms in total. The topological polar surface area (TPSA) is 105 Å². The van der Waals surface area contributed by atoms with Crippen molar-refractivity contribution in [1.29, 1.82) is 0 Å². The number of hydrogen-bond acceptors (Lipinski definition) is 4. The molecule has 0 bridgehead atoms. The van der Waals surface area contributed by atoms with Crippen LogP contribution in [-0.4, -0.2) is 22.2 Å². The first-order chi connectivity index (χ1) is 11.9. The highest BCUT2D eigenvalue weighted by Gasteiger charge is 2.07. The Kier molecular flexibility index (Phi) is 5.68. The van der Waals surface area contributed by atoms with E-state index in [0.29, 0.717) is 22.3 Å². The Morgan fingerprint density at radius 1 is 1.00 bits per heavy atom. The summed E-state index contributed by atoms with van der Waals surface area (Å²) in [5, 5.41) is 16.7. The summed E-state index contributed by atoms with van der Waals surface area (Å²) in [6, 6.07) is 15.5. The van der Waals surface area contributed by atoms with Crippen LogP contribution in [0, 0.1) is 0 Å². The zero-order valence-corrected chi connectivity index (χ0v) is 13.4. The molecule has 2 aromatic carbocycles. The molecule has 0 saturated heterocycles. The van der Waals surface area contributed by atoms with Crippen molar-refractivity contribution >= 4 is 22.9 Å². The van der Waals surface area contributed by atoms with Crippen molar-refractivity contribution in [2.45, 2.75) is 13.3 Å². The quantitative estimate of drug-likeness (QED) is 0.759. The lowest BCUT2D eigenvalue weighted by Crippen LogP contribution is -2.01. The van der Waals surface area contributed by atoms with E-state index < -0.39 is 11.9 Å². The normalized spacial score (nSPS) is 9.96. The third-order valence-corrected chi connectivity index (χ3v) is 3.23. The molecule has 0 saturated carbocycles. The largest absolute Gasteiger partial charge is 0.481 e. The fraction of sp³-hybridized carbons (Fsp3) is 0.105. The number of carboxylic acids is 2. The summed E-state index contributed by atoms with van der Waals surface area (Å²) >= 11 is 0. The van der Waals surface area contributed by atoms with E-state index in [1.54, 1.807) is 42.5 Å². The van der Waals surface area contributed by atoms with Gasteiger partial charge in [-0.1, -0.05) is 36.4 Å². The van der Waals surface area contributed by atoms with Crippen LogP contribution >= 0.6 is 0 Å². The van der Waals surface area contributed by atoms with Gasteiger partial charge in [-0.05, 0) is 17.7 Å². The average molecular weight is 340 g/mol. The molecule has 0 atom stereocenters. The van der Waals surface area contributed by atoms with E-state index >= 15 is 0 Å². The summed E-state index contributed by atoms with van der Waals surface area (Å²) in [5.74, 6) is -1.24. The maximum Gasteiger partial charge on any atom is 0.307 e. The number of hydrogen-bond donors (Lipinski definition) is 2. The van der Waals surface area contributed by atoms with Gasteiger partial charge in [0, 0.05) is 18.6 Å². The molecule has 1 heterocycles. The molecule has 3 rings (SSSR count). The van der Waals surface area contributed by atoms with Gasteiger partial charge in [0.25, 0.3) is 5.97 Å². The molecule has 0 amide bonds. The highest BCUT2D eigenvalue weighted by Crippen LogP contribution is 2.22. The van der Waals surface area contributed by atoms with E-state index in [9.17, 15) is 9.59 Å². The lowest BCUT2D eigenvalue weighted by Gasteiger charge is -2.04. The molecule has 0 aliphatic heterocycles. The van der Waals surface area contributed by atoms with Crippen molar-refractivity contribution in [3.05, 3.63) is 70.4 Å². The van der Waals surface area contributed by atoms with Crippen LogP contribution < -0.4 is 5.43 Å². The van der Waals surface area contributed by atoms with Gasteiger partial charge in [0.05, 0.1) is 11.8 Å². The number of rotatable bonds is 3. The first-order valence-electron chi connectivity index (χ1n) is 7.40. The van der Waals surface area contributed by atoms with Crippen LogP contribution in [-0.2, 0) is 16.0 Å². The van der Waals surface area contributed by atoms with Gasteiger partial charge in [-0.3, -0.25) is 14.4 Å². The van der Waals surface area contributed by atoms with Crippen LogP contribution in [0.15, 0.2) is 63.8 Å². The number of carbonyl (C=O) groups is 2. The Hall–Kier alpha value is -3.41. The minimum absolute atomic E-state index is 0.0258. The summed E-state index contributed by atoms with van der Waals surface area (Å²) in [5.41, 5.74) is 1.89. The van der Waals surface area contributed by atoms with Crippen molar-refractivity contribution in [2.24, 2.45) is 0 Å². The molecular weight excluding hydrogens is 324 g/mol. The van der Waals surface area contributed by atoms with Crippen LogP contribution in [0.2, 0.25) is 0 Å². The van der Waals surface area contributed by atoms with E-state index in [0.717, 1.165) is 12.5 Å². The molecule has 128 valence electrons. The van der Waals surface area contributed by atoms with Crippen molar-refractivity contribution < 1.29 is 24.2 Å². The van der Waals surface area contributed by atoms with Crippen LogP contribution in [0.5, 0.6) is 0 Å². The summed E-state index contributed by atoms with van der Waals surface area (Å²) in [4.78, 5) is 31.7.